The molecule has 5 heteroatoms. The fraction of sp³-hybridized carbons (Fsp3) is 0.400. The number of hydrogen-bond acceptors (Lipinski definition) is 3. The minimum absolute atomic E-state index is 0.0439. The molecule has 1 unspecified atom stereocenters. The van der Waals surface area contributed by atoms with Crippen molar-refractivity contribution in [2.45, 2.75) is 18.9 Å². The lowest BCUT2D eigenvalue weighted by atomic mass is 10.0. The number of ether oxygens (including phenoxy) is 1. The third kappa shape index (κ3) is 3.17. The first-order valence-electron chi connectivity index (χ1n) is 6.62. The van der Waals surface area contributed by atoms with Gasteiger partial charge in [-0.3, -0.25) is 0 Å². The van der Waals surface area contributed by atoms with Crippen molar-refractivity contribution in [2.24, 2.45) is 7.05 Å². The number of nitrogens with zero attached hydrogens (tertiary/aromatic N) is 2. The summed E-state index contributed by atoms with van der Waals surface area (Å²) in [6.45, 7) is 0. The van der Waals surface area contributed by atoms with Crippen molar-refractivity contribution < 1.29 is 9.13 Å². The molecule has 1 N–H and O–H groups in total. The molecule has 0 bridgehead atoms. The Labute approximate surface area is 118 Å². The zero-order valence-electron chi connectivity index (χ0n) is 12.1. The second kappa shape index (κ2) is 6.52. The molecule has 0 amide bonds. The fourth-order valence-corrected chi connectivity index (χ4v) is 2.28. The molecule has 0 saturated carbocycles. The van der Waals surface area contributed by atoms with Gasteiger partial charge in [-0.1, -0.05) is 6.07 Å². The number of imidazole rings is 1. The molecule has 0 radical (unpaired) electrons. The number of hydrogen-bond donors (Lipinski definition) is 1. The Balaban J connectivity index is 2.10. The topological polar surface area (TPSA) is 39.1 Å². The average molecular weight is 277 g/mol. The summed E-state index contributed by atoms with van der Waals surface area (Å²) in [6, 6.07) is 4.93. The molecule has 2 rings (SSSR count). The molecule has 20 heavy (non-hydrogen) atoms. The molecule has 1 atom stereocenters. The van der Waals surface area contributed by atoms with Crippen molar-refractivity contribution in [3.63, 3.8) is 0 Å². The Morgan fingerprint density at radius 2 is 2.25 bits per heavy atom. The third-order valence-corrected chi connectivity index (χ3v) is 3.51. The van der Waals surface area contributed by atoms with Crippen LogP contribution < -0.4 is 10.1 Å². The van der Waals surface area contributed by atoms with Crippen LogP contribution in [0.2, 0.25) is 0 Å². The molecule has 1 aromatic carbocycles. The van der Waals surface area contributed by atoms with E-state index < -0.39 is 0 Å². The van der Waals surface area contributed by atoms with Gasteiger partial charge in [0.15, 0.2) is 0 Å². The fourth-order valence-electron chi connectivity index (χ4n) is 2.28. The summed E-state index contributed by atoms with van der Waals surface area (Å²) >= 11 is 0. The Morgan fingerprint density at radius 1 is 1.45 bits per heavy atom. The van der Waals surface area contributed by atoms with E-state index in [1.165, 1.54) is 13.2 Å². The summed E-state index contributed by atoms with van der Waals surface area (Å²) in [5.41, 5.74) is 0.655. The Bertz CT molecular complexity index is 568. The molecular formula is C15H20FN3O. The summed E-state index contributed by atoms with van der Waals surface area (Å²) in [4.78, 5) is 4.29. The minimum Gasteiger partial charge on any atom is -0.497 e. The summed E-state index contributed by atoms with van der Waals surface area (Å²) in [5, 5.41) is 3.16. The van der Waals surface area contributed by atoms with E-state index in [1.54, 1.807) is 18.3 Å². The number of halogens is 1. The average Bonchev–Trinajstić information content (AvgIpc) is 2.86. The third-order valence-electron chi connectivity index (χ3n) is 3.51. The highest BCUT2D eigenvalue weighted by molar-refractivity contribution is 5.30. The number of rotatable bonds is 6. The predicted molar refractivity (Wildman–Crippen MR) is 76.3 cm³/mol. The maximum Gasteiger partial charge on any atom is 0.131 e. The molecule has 0 spiro atoms. The molecule has 2 aromatic rings. The molecule has 108 valence electrons. The first kappa shape index (κ1) is 14.5. The van der Waals surface area contributed by atoms with Gasteiger partial charge >= 0.3 is 0 Å². The number of nitrogens with one attached hydrogen (secondary N) is 1. The van der Waals surface area contributed by atoms with Gasteiger partial charge in [-0.2, -0.15) is 0 Å². The molecule has 0 aliphatic rings. The molecule has 0 aliphatic heterocycles. The number of methoxy groups -OCH3 is 1. The highest BCUT2D eigenvalue weighted by Crippen LogP contribution is 2.24. The van der Waals surface area contributed by atoms with Gasteiger partial charge in [-0.05, 0) is 19.5 Å². The predicted octanol–water partition coefficient (Wildman–Crippen LogP) is 2.46. The number of aromatic nitrogens is 2. The summed E-state index contributed by atoms with van der Waals surface area (Å²) in [5.74, 6) is 1.29. The lowest BCUT2D eigenvalue weighted by Crippen LogP contribution is -2.19. The van der Waals surface area contributed by atoms with E-state index in [9.17, 15) is 4.39 Å². The zero-order chi connectivity index (χ0) is 14.5. The van der Waals surface area contributed by atoms with Gasteiger partial charge in [0, 0.05) is 43.5 Å². The van der Waals surface area contributed by atoms with E-state index in [-0.39, 0.29) is 11.9 Å². The van der Waals surface area contributed by atoms with Crippen LogP contribution in [0.1, 0.15) is 23.9 Å². The van der Waals surface area contributed by atoms with E-state index in [4.69, 9.17) is 4.74 Å². The van der Waals surface area contributed by atoms with E-state index in [2.05, 4.69) is 10.3 Å². The highest BCUT2D eigenvalue weighted by atomic mass is 19.1. The van der Waals surface area contributed by atoms with Crippen LogP contribution in [-0.4, -0.2) is 23.7 Å². The molecule has 1 heterocycles. The largest absolute Gasteiger partial charge is 0.497 e. The van der Waals surface area contributed by atoms with Crippen LogP contribution in [0.5, 0.6) is 5.75 Å². The van der Waals surface area contributed by atoms with Gasteiger partial charge < -0.3 is 14.6 Å². The second-order valence-corrected chi connectivity index (χ2v) is 4.72. The van der Waals surface area contributed by atoms with Crippen molar-refractivity contribution in [3.05, 3.63) is 47.8 Å². The van der Waals surface area contributed by atoms with Crippen LogP contribution in [-0.2, 0) is 13.5 Å². The summed E-state index contributed by atoms with van der Waals surface area (Å²) < 4.78 is 21.1. The maximum absolute atomic E-state index is 14.1. The highest BCUT2D eigenvalue weighted by Gasteiger charge is 2.15. The molecular weight excluding hydrogens is 257 g/mol. The Morgan fingerprint density at radius 3 is 2.80 bits per heavy atom. The monoisotopic (exact) mass is 277 g/mol. The summed E-state index contributed by atoms with van der Waals surface area (Å²) in [6.07, 6.45) is 5.26. The van der Waals surface area contributed by atoms with Gasteiger partial charge in [0.05, 0.1) is 7.11 Å². The minimum atomic E-state index is -0.247. The quantitative estimate of drug-likeness (QED) is 0.881. The van der Waals surface area contributed by atoms with E-state index in [1.807, 2.05) is 24.9 Å². The van der Waals surface area contributed by atoms with Crippen molar-refractivity contribution in [3.8, 4) is 5.75 Å². The van der Waals surface area contributed by atoms with E-state index >= 15 is 0 Å². The van der Waals surface area contributed by atoms with Crippen LogP contribution in [0, 0.1) is 5.82 Å². The van der Waals surface area contributed by atoms with Gasteiger partial charge in [0.2, 0.25) is 0 Å². The standard InChI is InChI=1S/C15H20FN3O/c1-17-14(6-7-15-18-8-9-19(15)2)12-5-4-11(20-3)10-13(12)16/h4-5,8-10,14,17H,6-7H2,1-3H3. The van der Waals surface area contributed by atoms with Crippen LogP contribution in [0.3, 0.4) is 0 Å². The van der Waals surface area contributed by atoms with Crippen LogP contribution >= 0.6 is 0 Å². The van der Waals surface area contributed by atoms with Crippen LogP contribution in [0.15, 0.2) is 30.6 Å². The zero-order valence-corrected chi connectivity index (χ0v) is 12.1. The Kier molecular flexibility index (Phi) is 4.74. The van der Waals surface area contributed by atoms with Crippen molar-refractivity contribution in [1.29, 1.82) is 0 Å². The summed E-state index contributed by atoms with van der Waals surface area (Å²) in [7, 11) is 5.34. The van der Waals surface area contributed by atoms with Gasteiger partial charge in [0.25, 0.3) is 0 Å². The van der Waals surface area contributed by atoms with Gasteiger partial charge in [-0.25, -0.2) is 9.37 Å². The van der Waals surface area contributed by atoms with Crippen LogP contribution in [0.25, 0.3) is 0 Å². The normalized spacial score (nSPS) is 12.4. The van der Waals surface area contributed by atoms with Crippen molar-refractivity contribution in [2.75, 3.05) is 14.2 Å². The van der Waals surface area contributed by atoms with Crippen LogP contribution in [0.4, 0.5) is 4.39 Å². The van der Waals surface area contributed by atoms with E-state index in [0.717, 1.165) is 18.7 Å². The number of benzene rings is 1. The SMILES string of the molecule is CNC(CCc1nccn1C)c1ccc(OC)cc1F. The van der Waals surface area contributed by atoms with E-state index in [0.29, 0.717) is 11.3 Å². The maximum atomic E-state index is 14.1. The molecule has 1 aromatic heterocycles. The molecule has 4 nitrogen and oxygen atoms in total. The first-order chi connectivity index (χ1) is 9.65. The first-order valence-corrected chi connectivity index (χ1v) is 6.62. The van der Waals surface area contributed by atoms with Crippen molar-refractivity contribution in [1.82, 2.24) is 14.9 Å². The van der Waals surface area contributed by atoms with Gasteiger partial charge in [0.1, 0.15) is 17.4 Å². The second-order valence-electron chi connectivity index (χ2n) is 4.72. The molecule has 0 saturated heterocycles. The lowest BCUT2D eigenvalue weighted by molar-refractivity contribution is 0.409. The number of aryl methyl sites for hydroxylation is 2. The van der Waals surface area contributed by atoms with Gasteiger partial charge in [-0.15, -0.1) is 0 Å². The smallest absolute Gasteiger partial charge is 0.131 e. The van der Waals surface area contributed by atoms with Crippen molar-refractivity contribution >= 4 is 0 Å². The molecule has 0 fully saturated rings. The molecule has 0 aliphatic carbocycles. The Hall–Kier alpha value is -1.88. The lowest BCUT2D eigenvalue weighted by Gasteiger charge is -2.17.